The first-order valence-electron chi connectivity index (χ1n) is 8.76. The van der Waals surface area contributed by atoms with E-state index < -0.39 is 17.4 Å². The number of hydrogen-bond acceptors (Lipinski definition) is 4. The number of aromatic nitrogens is 2. The quantitative estimate of drug-likeness (QED) is 0.520. The normalized spacial score (nSPS) is 12.0. The van der Waals surface area contributed by atoms with Gasteiger partial charge in [-0.25, -0.2) is 13.8 Å². The lowest BCUT2D eigenvalue weighted by Crippen LogP contribution is -2.12. The van der Waals surface area contributed by atoms with E-state index >= 15 is 0 Å². The van der Waals surface area contributed by atoms with Crippen LogP contribution in [0.4, 0.5) is 8.78 Å². The molecule has 0 aliphatic heterocycles. The smallest absolute Gasteiger partial charge is 0.197 e. The molecule has 0 fully saturated rings. The van der Waals surface area contributed by atoms with Crippen molar-refractivity contribution in [2.75, 3.05) is 28.2 Å². The van der Waals surface area contributed by atoms with Crippen molar-refractivity contribution < 1.29 is 13.6 Å². The van der Waals surface area contributed by atoms with E-state index in [0.717, 1.165) is 11.6 Å². The molecular weight excluding hydrogens is 362 g/mol. The van der Waals surface area contributed by atoms with Crippen molar-refractivity contribution in [2.24, 2.45) is 0 Å². The number of halogens is 2. The maximum atomic E-state index is 14.4. The number of aromatic amines is 1. The van der Waals surface area contributed by atoms with Crippen molar-refractivity contribution in [3.63, 3.8) is 0 Å². The second-order valence-electron chi connectivity index (χ2n) is 7.12. The zero-order valence-electron chi connectivity index (χ0n) is 16.3. The van der Waals surface area contributed by atoms with Gasteiger partial charge >= 0.3 is 0 Å². The molecule has 28 heavy (non-hydrogen) atoms. The Kier molecular flexibility index (Phi) is 5.56. The Labute approximate surface area is 162 Å². The number of pyridine rings is 1. The van der Waals surface area contributed by atoms with Crippen LogP contribution in [-0.4, -0.2) is 53.7 Å². The third kappa shape index (κ3) is 3.94. The molecule has 1 N–H and O–H groups in total. The average molecular weight is 384 g/mol. The molecule has 5 nitrogen and oxygen atoms in total. The fraction of sp³-hybridized carbons (Fsp3) is 0.238. The fourth-order valence-electron chi connectivity index (χ4n) is 3.05. The van der Waals surface area contributed by atoms with Gasteiger partial charge < -0.3 is 14.8 Å². The first-order chi connectivity index (χ1) is 13.3. The molecule has 0 saturated carbocycles. The molecule has 3 rings (SSSR count). The highest BCUT2D eigenvalue weighted by molar-refractivity contribution is 6.32. The van der Waals surface area contributed by atoms with Crippen molar-refractivity contribution in [1.29, 1.82) is 0 Å². The Morgan fingerprint density at radius 2 is 1.93 bits per heavy atom. The summed E-state index contributed by atoms with van der Waals surface area (Å²) in [5.41, 5.74) is 1.86. The average Bonchev–Trinajstić information content (AvgIpc) is 3.04. The van der Waals surface area contributed by atoms with Crippen LogP contribution in [-0.2, 0) is 6.54 Å². The predicted molar refractivity (Wildman–Crippen MR) is 106 cm³/mol. The van der Waals surface area contributed by atoms with Gasteiger partial charge in [0.05, 0.1) is 0 Å². The molecule has 0 spiro atoms. The SMILES string of the molecule is CN(C)C=C(C(=O)c1c[nH]c2ncc(CN(C)C)cc12)c1cccc(F)c1F. The van der Waals surface area contributed by atoms with Crippen LogP contribution < -0.4 is 0 Å². The molecule has 3 aromatic rings. The van der Waals surface area contributed by atoms with Gasteiger partial charge in [-0.15, -0.1) is 0 Å². The summed E-state index contributed by atoms with van der Waals surface area (Å²) in [5.74, 6) is -2.45. The number of H-pyrrole nitrogens is 1. The molecular formula is C21H22F2N4O. The maximum absolute atomic E-state index is 14.4. The summed E-state index contributed by atoms with van der Waals surface area (Å²) in [4.78, 5) is 24.3. The number of carbonyl (C=O) groups excluding carboxylic acids is 1. The number of benzene rings is 1. The summed E-state index contributed by atoms with van der Waals surface area (Å²) in [6.07, 6.45) is 4.80. The summed E-state index contributed by atoms with van der Waals surface area (Å²) >= 11 is 0. The Morgan fingerprint density at radius 1 is 1.18 bits per heavy atom. The van der Waals surface area contributed by atoms with E-state index in [2.05, 4.69) is 9.97 Å². The second kappa shape index (κ2) is 7.90. The van der Waals surface area contributed by atoms with E-state index in [1.54, 1.807) is 31.4 Å². The maximum Gasteiger partial charge on any atom is 0.197 e. The largest absolute Gasteiger partial charge is 0.383 e. The highest BCUT2D eigenvalue weighted by atomic mass is 19.2. The number of hydrogen-bond donors (Lipinski definition) is 1. The van der Waals surface area contributed by atoms with Gasteiger partial charge in [0.1, 0.15) is 5.65 Å². The van der Waals surface area contributed by atoms with Gasteiger partial charge in [-0.3, -0.25) is 4.79 Å². The monoisotopic (exact) mass is 384 g/mol. The van der Waals surface area contributed by atoms with Crippen LogP contribution in [0.2, 0.25) is 0 Å². The van der Waals surface area contributed by atoms with Crippen LogP contribution in [0, 0.1) is 11.6 Å². The van der Waals surface area contributed by atoms with Crippen LogP contribution in [0.5, 0.6) is 0 Å². The summed E-state index contributed by atoms with van der Waals surface area (Å²) in [7, 11) is 7.32. The Bertz CT molecular complexity index is 1050. The number of Topliss-reactive ketones (excluding diaryl/α,β-unsaturated/α-hetero) is 1. The van der Waals surface area contributed by atoms with Gasteiger partial charge in [0.25, 0.3) is 0 Å². The number of ketones is 1. The van der Waals surface area contributed by atoms with Crippen molar-refractivity contribution in [3.8, 4) is 0 Å². The number of rotatable bonds is 6. The van der Waals surface area contributed by atoms with Gasteiger partial charge in [0.2, 0.25) is 0 Å². The zero-order valence-corrected chi connectivity index (χ0v) is 16.3. The lowest BCUT2D eigenvalue weighted by molar-refractivity contribution is 0.105. The minimum Gasteiger partial charge on any atom is -0.383 e. The number of nitrogens with zero attached hydrogens (tertiary/aromatic N) is 3. The van der Waals surface area contributed by atoms with Gasteiger partial charge in [-0.05, 0) is 31.8 Å². The van der Waals surface area contributed by atoms with Gasteiger partial charge in [0.15, 0.2) is 17.4 Å². The third-order valence-electron chi connectivity index (χ3n) is 4.20. The van der Waals surface area contributed by atoms with Crippen molar-refractivity contribution in [2.45, 2.75) is 6.54 Å². The Morgan fingerprint density at radius 3 is 2.61 bits per heavy atom. The molecule has 0 saturated heterocycles. The first-order valence-corrected chi connectivity index (χ1v) is 8.76. The molecule has 2 aromatic heterocycles. The van der Waals surface area contributed by atoms with E-state index in [1.165, 1.54) is 18.3 Å². The molecule has 0 unspecified atom stereocenters. The molecule has 146 valence electrons. The summed E-state index contributed by atoms with van der Waals surface area (Å²) < 4.78 is 28.2. The number of carbonyl (C=O) groups is 1. The van der Waals surface area contributed by atoms with Crippen molar-refractivity contribution in [1.82, 2.24) is 19.8 Å². The number of fused-ring (bicyclic) bond motifs is 1. The van der Waals surface area contributed by atoms with E-state index in [1.807, 2.05) is 25.1 Å². The summed E-state index contributed by atoms with van der Waals surface area (Å²) in [5, 5.41) is 0.644. The molecule has 0 aliphatic carbocycles. The third-order valence-corrected chi connectivity index (χ3v) is 4.20. The highest BCUT2D eigenvalue weighted by Crippen LogP contribution is 2.28. The molecule has 0 radical (unpaired) electrons. The van der Waals surface area contributed by atoms with E-state index in [4.69, 9.17) is 0 Å². The minimum absolute atomic E-state index is 0.0703. The van der Waals surface area contributed by atoms with E-state index in [-0.39, 0.29) is 11.1 Å². The van der Waals surface area contributed by atoms with Gasteiger partial charge in [-0.1, -0.05) is 12.1 Å². The summed E-state index contributed by atoms with van der Waals surface area (Å²) in [6.45, 7) is 0.667. The van der Waals surface area contributed by atoms with Crippen LogP contribution in [0.15, 0.2) is 42.9 Å². The van der Waals surface area contributed by atoms with Crippen molar-refractivity contribution >= 4 is 22.4 Å². The van der Waals surface area contributed by atoms with Gasteiger partial charge in [0, 0.05) is 61.3 Å². The van der Waals surface area contributed by atoms with Crippen LogP contribution in [0.1, 0.15) is 21.5 Å². The molecule has 0 atom stereocenters. The van der Waals surface area contributed by atoms with Crippen molar-refractivity contribution in [3.05, 3.63) is 71.2 Å². The van der Waals surface area contributed by atoms with Gasteiger partial charge in [-0.2, -0.15) is 0 Å². The molecule has 0 bridgehead atoms. The van der Waals surface area contributed by atoms with Crippen LogP contribution in [0.3, 0.4) is 0 Å². The first kappa shape index (κ1) is 19.7. The van der Waals surface area contributed by atoms with E-state index in [0.29, 0.717) is 23.1 Å². The molecule has 2 heterocycles. The number of allylic oxidation sites excluding steroid dienone is 1. The molecule has 7 heteroatoms. The minimum atomic E-state index is -1.05. The lowest BCUT2D eigenvalue weighted by Gasteiger charge is -2.13. The zero-order chi connectivity index (χ0) is 20.4. The molecule has 0 amide bonds. The topological polar surface area (TPSA) is 52.2 Å². The fourth-order valence-corrected chi connectivity index (χ4v) is 3.05. The molecule has 1 aromatic carbocycles. The second-order valence-corrected chi connectivity index (χ2v) is 7.12. The number of nitrogens with one attached hydrogen (secondary N) is 1. The summed E-state index contributed by atoms with van der Waals surface area (Å²) in [6, 6.07) is 5.70. The highest BCUT2D eigenvalue weighted by Gasteiger charge is 2.23. The Balaban J connectivity index is 2.12. The van der Waals surface area contributed by atoms with E-state index in [9.17, 15) is 13.6 Å². The van der Waals surface area contributed by atoms with Crippen LogP contribution in [0.25, 0.3) is 16.6 Å². The van der Waals surface area contributed by atoms with Crippen LogP contribution >= 0.6 is 0 Å². The molecule has 0 aliphatic rings. The lowest BCUT2D eigenvalue weighted by atomic mass is 9.96. The Hall–Kier alpha value is -3.06. The predicted octanol–water partition coefficient (Wildman–Crippen LogP) is 3.69. The standard InChI is InChI=1S/C21H22F2N4O/c1-26(2)11-13-8-15-16(10-25-21(15)24-9-13)20(28)17(12-27(3)4)14-6-5-7-18(22)19(14)23/h5-10,12H,11H2,1-4H3,(H,24,25).